The number of hydrogen-bond donors (Lipinski definition) is 1. The summed E-state index contributed by atoms with van der Waals surface area (Å²) in [6.45, 7) is 3.45. The standard InChI is InChI=1S/C22H23N3O3/c1-2-27-20-7-8-21-17(12-20)11-18(14-28-21)22(26)24-13-16-3-5-19(6-4-16)25-10-9-23-15-25/h3-10,12,15,18H,2,11,13-14H2,1H3,(H,24,26). The summed E-state index contributed by atoms with van der Waals surface area (Å²) < 4.78 is 13.3. The second-order valence-electron chi connectivity index (χ2n) is 6.77. The second kappa shape index (κ2) is 8.17. The van der Waals surface area contributed by atoms with Gasteiger partial charge in [0.15, 0.2) is 0 Å². The Labute approximate surface area is 164 Å². The zero-order chi connectivity index (χ0) is 19.3. The Bertz CT molecular complexity index is 936. The highest BCUT2D eigenvalue weighted by Crippen LogP contribution is 2.30. The smallest absolute Gasteiger partial charge is 0.227 e. The highest BCUT2D eigenvalue weighted by Gasteiger charge is 2.26. The normalized spacial score (nSPS) is 15.4. The lowest BCUT2D eigenvalue weighted by atomic mass is 9.95. The Morgan fingerprint density at radius 1 is 1.29 bits per heavy atom. The van der Waals surface area contributed by atoms with Crippen molar-refractivity contribution in [3.63, 3.8) is 0 Å². The van der Waals surface area contributed by atoms with Crippen molar-refractivity contribution in [1.82, 2.24) is 14.9 Å². The molecule has 1 amide bonds. The number of carbonyl (C=O) groups is 1. The van der Waals surface area contributed by atoms with Gasteiger partial charge >= 0.3 is 0 Å². The number of hydrogen-bond acceptors (Lipinski definition) is 4. The molecule has 0 spiro atoms. The van der Waals surface area contributed by atoms with E-state index in [2.05, 4.69) is 10.3 Å². The lowest BCUT2D eigenvalue weighted by Crippen LogP contribution is -2.37. The second-order valence-corrected chi connectivity index (χ2v) is 6.77. The number of imidazole rings is 1. The highest BCUT2D eigenvalue weighted by atomic mass is 16.5. The molecule has 28 heavy (non-hydrogen) atoms. The van der Waals surface area contributed by atoms with Crippen molar-refractivity contribution in [2.24, 2.45) is 5.92 Å². The molecule has 2 heterocycles. The van der Waals surface area contributed by atoms with Crippen LogP contribution in [0.3, 0.4) is 0 Å². The van der Waals surface area contributed by atoms with E-state index in [-0.39, 0.29) is 11.8 Å². The highest BCUT2D eigenvalue weighted by molar-refractivity contribution is 5.79. The van der Waals surface area contributed by atoms with Crippen LogP contribution in [0.5, 0.6) is 11.5 Å². The molecule has 0 bridgehead atoms. The molecular formula is C22H23N3O3. The van der Waals surface area contributed by atoms with E-state index in [1.807, 2.05) is 60.2 Å². The van der Waals surface area contributed by atoms with Crippen molar-refractivity contribution < 1.29 is 14.3 Å². The van der Waals surface area contributed by atoms with Gasteiger partial charge in [-0.15, -0.1) is 0 Å². The van der Waals surface area contributed by atoms with Gasteiger partial charge in [0.1, 0.15) is 18.1 Å². The van der Waals surface area contributed by atoms with Crippen LogP contribution in [0, 0.1) is 5.92 Å². The molecule has 4 rings (SSSR count). The van der Waals surface area contributed by atoms with E-state index in [4.69, 9.17) is 9.47 Å². The van der Waals surface area contributed by atoms with Gasteiger partial charge in [0.05, 0.1) is 18.9 Å². The zero-order valence-corrected chi connectivity index (χ0v) is 15.8. The quantitative estimate of drug-likeness (QED) is 0.717. The van der Waals surface area contributed by atoms with E-state index < -0.39 is 0 Å². The Balaban J connectivity index is 1.35. The lowest BCUT2D eigenvalue weighted by molar-refractivity contribution is -0.126. The van der Waals surface area contributed by atoms with E-state index in [9.17, 15) is 4.79 Å². The molecule has 2 aromatic carbocycles. The van der Waals surface area contributed by atoms with Crippen LogP contribution in [0.25, 0.3) is 5.69 Å². The first-order chi connectivity index (χ1) is 13.7. The summed E-state index contributed by atoms with van der Waals surface area (Å²) in [4.78, 5) is 16.7. The molecule has 0 radical (unpaired) electrons. The third-order valence-electron chi connectivity index (χ3n) is 4.83. The first kappa shape index (κ1) is 18.1. The number of nitrogens with one attached hydrogen (secondary N) is 1. The molecule has 0 aliphatic carbocycles. The molecule has 1 aromatic heterocycles. The summed E-state index contributed by atoms with van der Waals surface area (Å²) in [5, 5.41) is 3.02. The summed E-state index contributed by atoms with van der Waals surface area (Å²) in [5.74, 6) is 1.45. The van der Waals surface area contributed by atoms with Gasteiger partial charge in [0.2, 0.25) is 5.91 Å². The van der Waals surface area contributed by atoms with Crippen LogP contribution in [0.1, 0.15) is 18.1 Å². The van der Waals surface area contributed by atoms with E-state index in [1.54, 1.807) is 12.5 Å². The number of rotatable bonds is 6. The number of carbonyl (C=O) groups excluding carboxylic acids is 1. The predicted octanol–water partition coefficient (Wildman–Crippen LogP) is 3.14. The van der Waals surface area contributed by atoms with Crippen molar-refractivity contribution in [2.75, 3.05) is 13.2 Å². The number of fused-ring (bicyclic) bond motifs is 1. The Morgan fingerprint density at radius 3 is 2.89 bits per heavy atom. The van der Waals surface area contributed by atoms with Gasteiger partial charge in [-0.3, -0.25) is 4.79 Å². The van der Waals surface area contributed by atoms with Gasteiger partial charge in [-0.05, 0) is 54.8 Å². The van der Waals surface area contributed by atoms with E-state index >= 15 is 0 Å². The van der Waals surface area contributed by atoms with E-state index in [1.165, 1.54) is 0 Å². The van der Waals surface area contributed by atoms with Crippen LogP contribution < -0.4 is 14.8 Å². The van der Waals surface area contributed by atoms with Gasteiger partial charge in [-0.1, -0.05) is 12.1 Å². The monoisotopic (exact) mass is 377 g/mol. The summed E-state index contributed by atoms with van der Waals surface area (Å²) in [6.07, 6.45) is 6.06. The molecule has 3 aromatic rings. The summed E-state index contributed by atoms with van der Waals surface area (Å²) in [5.41, 5.74) is 3.10. The van der Waals surface area contributed by atoms with E-state index in [0.717, 1.165) is 28.3 Å². The maximum Gasteiger partial charge on any atom is 0.227 e. The molecule has 1 aliphatic rings. The largest absolute Gasteiger partial charge is 0.494 e. The molecule has 1 unspecified atom stereocenters. The molecule has 1 N–H and O–H groups in total. The number of amides is 1. The van der Waals surface area contributed by atoms with Crippen LogP contribution >= 0.6 is 0 Å². The third kappa shape index (κ3) is 4.01. The topological polar surface area (TPSA) is 65.4 Å². The fourth-order valence-electron chi connectivity index (χ4n) is 3.33. The number of benzene rings is 2. The molecule has 0 saturated heterocycles. The molecule has 1 atom stereocenters. The summed E-state index contributed by atoms with van der Waals surface area (Å²) >= 11 is 0. The van der Waals surface area contributed by atoms with Crippen LogP contribution in [0.2, 0.25) is 0 Å². The van der Waals surface area contributed by atoms with Gasteiger partial charge in [0.25, 0.3) is 0 Å². The van der Waals surface area contributed by atoms with Crippen LogP contribution in [0.15, 0.2) is 61.2 Å². The van der Waals surface area contributed by atoms with Crippen LogP contribution in [-0.4, -0.2) is 28.7 Å². The van der Waals surface area contributed by atoms with Gasteiger partial charge in [-0.2, -0.15) is 0 Å². The predicted molar refractivity (Wildman–Crippen MR) is 106 cm³/mol. The molecule has 6 heteroatoms. The van der Waals surface area contributed by atoms with Gasteiger partial charge in [-0.25, -0.2) is 4.98 Å². The SMILES string of the molecule is CCOc1ccc2c(c1)CC(C(=O)NCc1ccc(-n3ccnc3)cc1)CO2. The van der Waals surface area contributed by atoms with Crippen molar-refractivity contribution in [2.45, 2.75) is 19.9 Å². The minimum absolute atomic E-state index is 0.00569. The van der Waals surface area contributed by atoms with Crippen LogP contribution in [-0.2, 0) is 17.8 Å². The summed E-state index contributed by atoms with van der Waals surface area (Å²) in [6, 6.07) is 13.8. The van der Waals surface area contributed by atoms with Crippen molar-refractivity contribution in [3.05, 3.63) is 72.3 Å². The van der Waals surface area contributed by atoms with Crippen molar-refractivity contribution >= 4 is 5.91 Å². The van der Waals surface area contributed by atoms with Crippen molar-refractivity contribution in [3.8, 4) is 17.2 Å². The average molecular weight is 377 g/mol. The third-order valence-corrected chi connectivity index (χ3v) is 4.83. The minimum Gasteiger partial charge on any atom is -0.494 e. The Hall–Kier alpha value is -3.28. The minimum atomic E-state index is -0.199. The molecule has 0 fully saturated rings. The molecule has 144 valence electrons. The fraction of sp³-hybridized carbons (Fsp3) is 0.273. The molecular weight excluding hydrogens is 354 g/mol. The summed E-state index contributed by atoms with van der Waals surface area (Å²) in [7, 11) is 0. The molecule has 6 nitrogen and oxygen atoms in total. The fourth-order valence-corrected chi connectivity index (χ4v) is 3.33. The lowest BCUT2D eigenvalue weighted by Gasteiger charge is -2.25. The Morgan fingerprint density at radius 2 is 2.14 bits per heavy atom. The van der Waals surface area contributed by atoms with Gasteiger partial charge < -0.3 is 19.4 Å². The first-order valence-corrected chi connectivity index (χ1v) is 9.46. The maximum atomic E-state index is 12.6. The Kier molecular flexibility index (Phi) is 5.28. The molecule has 1 aliphatic heterocycles. The number of aromatic nitrogens is 2. The zero-order valence-electron chi connectivity index (χ0n) is 15.8. The van der Waals surface area contributed by atoms with Crippen LogP contribution in [0.4, 0.5) is 0 Å². The molecule has 0 saturated carbocycles. The maximum absolute atomic E-state index is 12.6. The number of nitrogens with zero attached hydrogens (tertiary/aromatic N) is 2. The van der Waals surface area contributed by atoms with E-state index in [0.29, 0.717) is 26.2 Å². The number of ether oxygens (including phenoxy) is 2. The average Bonchev–Trinajstić information content (AvgIpc) is 3.27. The van der Waals surface area contributed by atoms with Gasteiger partial charge in [0, 0.05) is 24.6 Å². The van der Waals surface area contributed by atoms with Crippen molar-refractivity contribution in [1.29, 1.82) is 0 Å². The first-order valence-electron chi connectivity index (χ1n) is 9.46.